The number of benzene rings is 2. The maximum atomic E-state index is 10.8. The molecule has 0 fully saturated rings. The van der Waals surface area contributed by atoms with Crippen LogP contribution >= 0.6 is 0 Å². The van der Waals surface area contributed by atoms with E-state index >= 15 is 0 Å². The molecule has 0 aromatic heterocycles. The third-order valence-corrected chi connectivity index (χ3v) is 4.49. The summed E-state index contributed by atoms with van der Waals surface area (Å²) < 4.78 is 5.25. The van der Waals surface area contributed by atoms with Gasteiger partial charge < -0.3 is 9.64 Å². The third-order valence-electron chi connectivity index (χ3n) is 4.49. The van der Waals surface area contributed by atoms with E-state index in [9.17, 15) is 10.1 Å². The van der Waals surface area contributed by atoms with Crippen LogP contribution in [0, 0.1) is 10.1 Å². The Kier molecular flexibility index (Phi) is 7.93. The van der Waals surface area contributed by atoms with E-state index in [-0.39, 0.29) is 10.6 Å². The van der Waals surface area contributed by atoms with E-state index in [4.69, 9.17) is 4.74 Å². The van der Waals surface area contributed by atoms with E-state index in [1.807, 2.05) is 24.3 Å². The van der Waals surface area contributed by atoms with Crippen LogP contribution in [0.2, 0.25) is 0 Å². The summed E-state index contributed by atoms with van der Waals surface area (Å²) >= 11 is 0. The number of nitro benzene ring substituents is 1. The van der Waals surface area contributed by atoms with Gasteiger partial charge in [0.15, 0.2) is 0 Å². The summed E-state index contributed by atoms with van der Waals surface area (Å²) in [5.74, 6) is 0.840. The first-order chi connectivity index (χ1) is 12.6. The molecule has 140 valence electrons. The Hall–Kier alpha value is -2.56. The highest BCUT2D eigenvalue weighted by Crippen LogP contribution is 2.23. The molecule has 0 saturated carbocycles. The summed E-state index contributed by atoms with van der Waals surface area (Å²) in [4.78, 5) is 12.8. The van der Waals surface area contributed by atoms with Gasteiger partial charge in [-0.2, -0.15) is 0 Å². The van der Waals surface area contributed by atoms with Gasteiger partial charge in [-0.1, -0.05) is 44.7 Å². The normalized spacial score (nSPS) is 10.5. The first-order valence-electron chi connectivity index (χ1n) is 9.26. The van der Waals surface area contributed by atoms with Gasteiger partial charge in [0.25, 0.3) is 5.69 Å². The average molecular weight is 356 g/mol. The van der Waals surface area contributed by atoms with Crippen LogP contribution in [0.25, 0.3) is 0 Å². The molecule has 0 unspecified atom stereocenters. The van der Waals surface area contributed by atoms with Gasteiger partial charge in [0.2, 0.25) is 0 Å². The van der Waals surface area contributed by atoms with Crippen LogP contribution in [0.15, 0.2) is 48.5 Å². The maximum Gasteiger partial charge on any atom is 0.269 e. The molecule has 2 aromatic carbocycles. The fourth-order valence-corrected chi connectivity index (χ4v) is 2.94. The highest BCUT2D eigenvalue weighted by molar-refractivity contribution is 5.50. The second kappa shape index (κ2) is 10.4. The zero-order valence-corrected chi connectivity index (χ0v) is 15.7. The minimum absolute atomic E-state index is 0.129. The topological polar surface area (TPSA) is 55.6 Å². The van der Waals surface area contributed by atoms with Crippen molar-refractivity contribution in [1.82, 2.24) is 0 Å². The van der Waals surface area contributed by atoms with Crippen molar-refractivity contribution >= 4 is 11.4 Å². The zero-order valence-electron chi connectivity index (χ0n) is 15.7. The van der Waals surface area contributed by atoms with Crippen molar-refractivity contribution < 1.29 is 9.66 Å². The molecule has 0 saturated heterocycles. The summed E-state index contributed by atoms with van der Waals surface area (Å²) in [7, 11) is 1.66. The van der Waals surface area contributed by atoms with Crippen molar-refractivity contribution in [3.8, 4) is 5.75 Å². The number of methoxy groups -OCH3 is 1. The highest BCUT2D eigenvalue weighted by atomic mass is 16.6. The second-order valence-electron chi connectivity index (χ2n) is 6.46. The van der Waals surface area contributed by atoms with Crippen molar-refractivity contribution in [2.24, 2.45) is 0 Å². The summed E-state index contributed by atoms with van der Waals surface area (Å²) in [5.41, 5.74) is 2.34. The Bertz CT molecular complexity index is 669. The Balaban J connectivity index is 2.06. The minimum atomic E-state index is -0.362. The Morgan fingerprint density at radius 1 is 0.962 bits per heavy atom. The lowest BCUT2D eigenvalue weighted by Gasteiger charge is -2.25. The number of rotatable bonds is 11. The molecule has 0 N–H and O–H groups in total. The standard InChI is InChI=1S/C21H28N2O3/c1-3-4-5-6-7-16-22(19-12-14-21(26-2)15-13-19)17-18-8-10-20(11-9-18)23(24)25/h8-15H,3-7,16-17H2,1-2H3. The van der Waals surface area contributed by atoms with Crippen LogP contribution < -0.4 is 9.64 Å². The molecule has 2 aromatic rings. The molecular formula is C21H28N2O3. The first-order valence-corrected chi connectivity index (χ1v) is 9.26. The Morgan fingerprint density at radius 3 is 2.19 bits per heavy atom. The van der Waals surface area contributed by atoms with Gasteiger partial charge in [-0.25, -0.2) is 0 Å². The summed E-state index contributed by atoms with van der Waals surface area (Å²) in [6, 6.07) is 14.9. The van der Waals surface area contributed by atoms with E-state index in [1.54, 1.807) is 19.2 Å². The number of ether oxygens (including phenoxy) is 1. The largest absolute Gasteiger partial charge is 0.497 e. The van der Waals surface area contributed by atoms with Crippen LogP contribution in [0.1, 0.15) is 44.6 Å². The van der Waals surface area contributed by atoms with E-state index in [0.717, 1.165) is 36.5 Å². The fraction of sp³-hybridized carbons (Fsp3) is 0.429. The Labute approximate surface area is 155 Å². The van der Waals surface area contributed by atoms with Gasteiger partial charge in [-0.15, -0.1) is 0 Å². The van der Waals surface area contributed by atoms with Crippen molar-refractivity contribution in [3.63, 3.8) is 0 Å². The molecule has 0 radical (unpaired) electrons. The monoisotopic (exact) mass is 356 g/mol. The highest BCUT2D eigenvalue weighted by Gasteiger charge is 2.10. The number of hydrogen-bond acceptors (Lipinski definition) is 4. The van der Waals surface area contributed by atoms with Crippen LogP contribution in [0.3, 0.4) is 0 Å². The smallest absolute Gasteiger partial charge is 0.269 e. The SMILES string of the molecule is CCCCCCCN(Cc1ccc([N+](=O)[O-])cc1)c1ccc(OC)cc1. The van der Waals surface area contributed by atoms with Gasteiger partial charge >= 0.3 is 0 Å². The van der Waals surface area contributed by atoms with Crippen molar-refractivity contribution in [1.29, 1.82) is 0 Å². The molecule has 0 atom stereocenters. The van der Waals surface area contributed by atoms with Crippen LogP contribution in [-0.4, -0.2) is 18.6 Å². The number of hydrogen-bond donors (Lipinski definition) is 0. The Morgan fingerprint density at radius 2 is 1.62 bits per heavy atom. The molecule has 0 aliphatic heterocycles. The lowest BCUT2D eigenvalue weighted by molar-refractivity contribution is -0.384. The molecule has 0 aliphatic carbocycles. The summed E-state index contributed by atoms with van der Waals surface area (Å²) in [5, 5.41) is 10.8. The van der Waals surface area contributed by atoms with E-state index in [1.165, 1.54) is 25.7 Å². The van der Waals surface area contributed by atoms with E-state index in [0.29, 0.717) is 0 Å². The van der Waals surface area contributed by atoms with Crippen molar-refractivity contribution in [3.05, 3.63) is 64.2 Å². The van der Waals surface area contributed by atoms with E-state index in [2.05, 4.69) is 24.0 Å². The van der Waals surface area contributed by atoms with Crippen molar-refractivity contribution in [2.75, 3.05) is 18.6 Å². The second-order valence-corrected chi connectivity index (χ2v) is 6.46. The molecule has 0 spiro atoms. The van der Waals surface area contributed by atoms with Crippen LogP contribution in [-0.2, 0) is 6.54 Å². The van der Waals surface area contributed by atoms with Gasteiger partial charge in [-0.3, -0.25) is 10.1 Å². The molecule has 0 bridgehead atoms. The molecule has 26 heavy (non-hydrogen) atoms. The van der Waals surface area contributed by atoms with E-state index < -0.39 is 0 Å². The first kappa shape index (κ1) is 19.8. The van der Waals surface area contributed by atoms with Gasteiger partial charge in [0.1, 0.15) is 5.75 Å². The molecule has 5 nitrogen and oxygen atoms in total. The van der Waals surface area contributed by atoms with Gasteiger partial charge in [0, 0.05) is 30.9 Å². The predicted molar refractivity (Wildman–Crippen MR) is 106 cm³/mol. The number of non-ortho nitro benzene ring substituents is 1. The quantitative estimate of drug-likeness (QED) is 0.299. The molecular weight excluding hydrogens is 328 g/mol. The lowest BCUT2D eigenvalue weighted by atomic mass is 10.1. The molecule has 0 amide bonds. The molecule has 0 heterocycles. The minimum Gasteiger partial charge on any atom is -0.497 e. The van der Waals surface area contributed by atoms with Crippen LogP contribution in [0.5, 0.6) is 5.75 Å². The van der Waals surface area contributed by atoms with Crippen molar-refractivity contribution in [2.45, 2.75) is 45.6 Å². The maximum absolute atomic E-state index is 10.8. The average Bonchev–Trinajstić information content (AvgIpc) is 2.67. The summed E-state index contributed by atoms with van der Waals surface area (Å²) in [6.07, 6.45) is 6.15. The number of nitrogens with zero attached hydrogens (tertiary/aromatic N) is 2. The number of nitro groups is 1. The lowest BCUT2D eigenvalue weighted by Crippen LogP contribution is -2.23. The molecule has 2 rings (SSSR count). The van der Waals surface area contributed by atoms with Gasteiger partial charge in [-0.05, 0) is 36.2 Å². The number of anilines is 1. The predicted octanol–water partition coefficient (Wildman–Crippen LogP) is 5.58. The number of unbranched alkanes of at least 4 members (excludes halogenated alkanes) is 4. The third kappa shape index (κ3) is 6.06. The zero-order chi connectivity index (χ0) is 18.8. The molecule has 0 aliphatic rings. The molecule has 5 heteroatoms. The van der Waals surface area contributed by atoms with Gasteiger partial charge in [0.05, 0.1) is 12.0 Å². The van der Waals surface area contributed by atoms with Crippen LogP contribution in [0.4, 0.5) is 11.4 Å². The summed E-state index contributed by atoms with van der Waals surface area (Å²) in [6.45, 7) is 3.92. The fourth-order valence-electron chi connectivity index (χ4n) is 2.94.